The Morgan fingerprint density at radius 2 is 0.677 bits per heavy atom. The molecule has 65 heavy (non-hydrogen) atoms. The smallest absolute Gasteiger partial charge is 0.243 e. The summed E-state index contributed by atoms with van der Waals surface area (Å²) < 4.78 is 22.8. The van der Waals surface area contributed by atoms with E-state index in [1.165, 1.54) is 66.6 Å². The number of nitrogens with zero attached hydrogens (tertiary/aromatic N) is 3. The lowest BCUT2D eigenvalue weighted by atomic mass is 9.33. The Morgan fingerprint density at radius 3 is 1.12 bits per heavy atom. The summed E-state index contributed by atoms with van der Waals surface area (Å²) in [5, 5.41) is 6.92. The lowest BCUT2D eigenvalue weighted by Gasteiger charge is -2.27. The fraction of sp³-hybridized carbons (Fsp3) is 0.100. The summed E-state index contributed by atoms with van der Waals surface area (Å²) in [6.45, 7) is 13.7. The van der Waals surface area contributed by atoms with Crippen LogP contribution in [-0.4, -0.2) is 20.4 Å². The summed E-state index contributed by atoms with van der Waals surface area (Å²) in [5.74, 6) is -0.266. The number of aryl methyl sites for hydroxylation is 6. The highest BCUT2D eigenvalue weighted by Crippen LogP contribution is 2.50. The van der Waals surface area contributed by atoms with Crippen molar-refractivity contribution in [2.24, 2.45) is 0 Å². The molecule has 0 amide bonds. The third kappa shape index (κ3) is 5.68. The molecule has 312 valence electrons. The quantitative estimate of drug-likeness (QED) is 0.148. The lowest BCUT2D eigenvalue weighted by molar-refractivity contribution is 0.627. The van der Waals surface area contributed by atoms with Crippen molar-refractivity contribution in [3.63, 3.8) is 0 Å². The van der Waals surface area contributed by atoms with Crippen LogP contribution in [0.3, 0.4) is 0 Å². The van der Waals surface area contributed by atoms with Gasteiger partial charge in [0.2, 0.25) is 6.71 Å². The molecular formula is C60H47BFN3. The van der Waals surface area contributed by atoms with Crippen LogP contribution in [0.4, 0.5) is 4.39 Å². The molecule has 3 aromatic heterocycles. The number of para-hydroxylation sites is 4. The zero-order valence-electron chi connectivity index (χ0n) is 37.5. The van der Waals surface area contributed by atoms with Crippen LogP contribution >= 0.6 is 0 Å². The van der Waals surface area contributed by atoms with Crippen molar-refractivity contribution in [2.45, 2.75) is 41.5 Å². The van der Waals surface area contributed by atoms with Crippen LogP contribution in [0.15, 0.2) is 176 Å². The summed E-state index contributed by atoms with van der Waals surface area (Å²) >= 11 is 0. The van der Waals surface area contributed by atoms with Gasteiger partial charge in [-0.05, 0) is 102 Å². The third-order valence-corrected chi connectivity index (χ3v) is 14.2. The molecule has 0 saturated carbocycles. The van der Waals surface area contributed by atoms with Crippen LogP contribution in [0.1, 0.15) is 33.4 Å². The molecule has 0 N–H and O–H groups in total. The zero-order valence-corrected chi connectivity index (χ0v) is 37.5. The van der Waals surface area contributed by atoms with Crippen LogP contribution in [0.25, 0.3) is 82.5 Å². The second-order valence-corrected chi connectivity index (χ2v) is 18.1. The molecule has 0 radical (unpaired) electrons. The van der Waals surface area contributed by atoms with E-state index in [1.807, 2.05) is 12.1 Å². The van der Waals surface area contributed by atoms with Gasteiger partial charge in [0.05, 0.1) is 33.1 Å². The van der Waals surface area contributed by atoms with Gasteiger partial charge in [-0.3, -0.25) is 0 Å². The van der Waals surface area contributed by atoms with Crippen molar-refractivity contribution in [3.05, 3.63) is 215 Å². The summed E-state index contributed by atoms with van der Waals surface area (Å²) in [7, 11) is 0. The van der Waals surface area contributed by atoms with Crippen LogP contribution in [0.2, 0.25) is 0 Å². The molecule has 0 fully saturated rings. The predicted octanol–water partition coefficient (Wildman–Crippen LogP) is 13.5. The minimum absolute atomic E-state index is 0.0572. The maximum Gasteiger partial charge on any atom is 0.243 e. The Hall–Kier alpha value is -7.63. The molecule has 0 aliphatic rings. The standard InChI is InChI=1S/C60H47BFN3/c1-36-19-16-20-37(2)55(36)61(56-38(3)21-17-22-39(56)4)57-40(5)33-45(34-41(57)6)65-51-32-15-12-29-48(51)54-59-52(47-28-11-14-31-50(47)64(59)44-26-18-23-42(62)35-44)58-53(60(54)65)46-27-10-13-30-49(46)63(58)43-24-8-7-9-25-43/h7-35H,1-6H3. The molecule has 12 aromatic rings. The number of hydrogen-bond donors (Lipinski definition) is 0. The molecule has 3 heterocycles. The average molecular weight is 840 g/mol. The van der Waals surface area contributed by atoms with E-state index >= 15 is 4.39 Å². The first kappa shape index (κ1) is 39.0. The highest BCUT2D eigenvalue weighted by atomic mass is 19.1. The van der Waals surface area contributed by atoms with E-state index in [-0.39, 0.29) is 12.5 Å². The summed E-state index contributed by atoms with van der Waals surface area (Å²) in [5.41, 5.74) is 21.4. The second-order valence-electron chi connectivity index (χ2n) is 18.1. The van der Waals surface area contributed by atoms with Crippen LogP contribution in [0.5, 0.6) is 0 Å². The molecule has 3 nitrogen and oxygen atoms in total. The minimum Gasteiger partial charge on any atom is -0.308 e. The number of aromatic nitrogens is 3. The first-order chi connectivity index (χ1) is 31.7. The van der Waals surface area contributed by atoms with Gasteiger partial charge in [-0.25, -0.2) is 4.39 Å². The van der Waals surface area contributed by atoms with Gasteiger partial charge in [0.25, 0.3) is 0 Å². The largest absolute Gasteiger partial charge is 0.308 e. The zero-order chi connectivity index (χ0) is 44.2. The maximum absolute atomic E-state index is 15.5. The van der Waals surface area contributed by atoms with Gasteiger partial charge < -0.3 is 13.7 Å². The fourth-order valence-electron chi connectivity index (χ4n) is 11.7. The molecular weight excluding hydrogens is 792 g/mol. The molecule has 0 bridgehead atoms. The van der Waals surface area contributed by atoms with Gasteiger partial charge in [0.1, 0.15) is 5.82 Å². The molecule has 0 spiro atoms. The van der Waals surface area contributed by atoms with E-state index in [1.54, 1.807) is 6.07 Å². The van der Waals surface area contributed by atoms with Crippen molar-refractivity contribution in [1.29, 1.82) is 0 Å². The second kappa shape index (κ2) is 14.7. The lowest BCUT2D eigenvalue weighted by Crippen LogP contribution is -2.57. The Morgan fingerprint density at radius 1 is 0.323 bits per heavy atom. The average Bonchev–Trinajstić information content (AvgIpc) is 3.95. The van der Waals surface area contributed by atoms with E-state index < -0.39 is 0 Å². The van der Waals surface area contributed by atoms with E-state index in [2.05, 4.69) is 207 Å². The van der Waals surface area contributed by atoms with Gasteiger partial charge in [-0.1, -0.05) is 165 Å². The van der Waals surface area contributed by atoms with Crippen molar-refractivity contribution in [3.8, 4) is 17.1 Å². The Balaban J connectivity index is 1.29. The molecule has 12 rings (SSSR count). The van der Waals surface area contributed by atoms with Gasteiger partial charge >= 0.3 is 0 Å². The highest BCUT2D eigenvalue weighted by Gasteiger charge is 2.32. The van der Waals surface area contributed by atoms with Gasteiger partial charge in [0.15, 0.2) is 0 Å². The molecule has 0 aliphatic carbocycles. The van der Waals surface area contributed by atoms with Gasteiger partial charge in [0, 0.05) is 49.4 Å². The fourth-order valence-corrected chi connectivity index (χ4v) is 11.7. The van der Waals surface area contributed by atoms with Crippen molar-refractivity contribution >= 4 is 88.5 Å². The third-order valence-electron chi connectivity index (χ3n) is 14.2. The number of benzene rings is 9. The molecule has 0 atom stereocenters. The van der Waals surface area contributed by atoms with E-state index in [4.69, 9.17) is 0 Å². The minimum atomic E-state index is -0.266. The van der Waals surface area contributed by atoms with Gasteiger partial charge in [-0.2, -0.15) is 0 Å². The first-order valence-corrected chi connectivity index (χ1v) is 22.7. The summed E-state index contributed by atoms with van der Waals surface area (Å²) in [4.78, 5) is 0. The number of fused-ring (bicyclic) bond motifs is 12. The Bertz CT molecular complexity index is 3810. The van der Waals surface area contributed by atoms with E-state index in [0.29, 0.717) is 0 Å². The molecule has 0 saturated heterocycles. The molecule has 0 aliphatic heterocycles. The topological polar surface area (TPSA) is 14.8 Å². The van der Waals surface area contributed by atoms with Crippen LogP contribution in [-0.2, 0) is 0 Å². The number of hydrogen-bond acceptors (Lipinski definition) is 0. The van der Waals surface area contributed by atoms with Crippen molar-refractivity contribution in [2.75, 3.05) is 0 Å². The van der Waals surface area contributed by atoms with Crippen molar-refractivity contribution < 1.29 is 4.39 Å². The van der Waals surface area contributed by atoms with E-state index in [0.717, 1.165) is 71.7 Å². The van der Waals surface area contributed by atoms with Crippen LogP contribution < -0.4 is 16.4 Å². The first-order valence-electron chi connectivity index (χ1n) is 22.7. The molecule has 5 heteroatoms. The monoisotopic (exact) mass is 839 g/mol. The number of rotatable bonds is 6. The predicted molar refractivity (Wildman–Crippen MR) is 275 cm³/mol. The number of halogens is 1. The SMILES string of the molecule is Cc1cccc(C)c1B(c1c(C)cccc1C)c1c(C)cc(-n2c3ccccc3c3c4c(c5ccccc5n4-c4cccc(F)c4)c4c(c5ccccc5n4-c4ccccc4)c32)cc1C. The maximum atomic E-state index is 15.5. The highest BCUT2D eigenvalue weighted by molar-refractivity contribution is 6.97. The summed E-state index contributed by atoms with van der Waals surface area (Å²) in [6, 6.07) is 62.4. The molecule has 0 unspecified atom stereocenters. The normalized spacial score (nSPS) is 11.9. The molecule has 9 aromatic carbocycles. The van der Waals surface area contributed by atoms with Gasteiger partial charge in [-0.15, -0.1) is 0 Å². The van der Waals surface area contributed by atoms with E-state index in [9.17, 15) is 0 Å². The summed E-state index contributed by atoms with van der Waals surface area (Å²) in [6.07, 6.45) is 0. The Kier molecular flexibility index (Phi) is 8.83. The van der Waals surface area contributed by atoms with Crippen molar-refractivity contribution in [1.82, 2.24) is 13.7 Å². The van der Waals surface area contributed by atoms with Crippen LogP contribution in [0, 0.1) is 47.4 Å². The Labute approximate surface area is 378 Å².